The fourth-order valence-corrected chi connectivity index (χ4v) is 3.69. The summed E-state index contributed by atoms with van der Waals surface area (Å²) in [6.07, 6.45) is 3.24. The van der Waals surface area contributed by atoms with Crippen LogP contribution in [-0.2, 0) is 0 Å². The lowest BCUT2D eigenvalue weighted by Crippen LogP contribution is -2.11. The highest BCUT2D eigenvalue weighted by Crippen LogP contribution is 2.34. The molecule has 7 heteroatoms. The van der Waals surface area contributed by atoms with Gasteiger partial charge in [0, 0.05) is 17.1 Å². The number of benzene rings is 1. The normalized spacial score (nSPS) is 10.7. The SMILES string of the molecule is O=C(Nc1nccs1)c1sc(-c2ccco2)nc1-c1ccccc1. The number of carbonyl (C=O) groups is 1. The van der Waals surface area contributed by atoms with Crippen LogP contribution in [0.3, 0.4) is 0 Å². The lowest BCUT2D eigenvalue weighted by molar-refractivity contribution is 0.103. The summed E-state index contributed by atoms with van der Waals surface area (Å²) in [7, 11) is 0. The van der Waals surface area contributed by atoms with Crippen LogP contribution in [-0.4, -0.2) is 15.9 Å². The van der Waals surface area contributed by atoms with E-state index in [-0.39, 0.29) is 5.91 Å². The second-order valence-electron chi connectivity index (χ2n) is 4.83. The van der Waals surface area contributed by atoms with Crippen LogP contribution in [0.5, 0.6) is 0 Å². The van der Waals surface area contributed by atoms with E-state index in [9.17, 15) is 4.79 Å². The molecule has 0 unspecified atom stereocenters. The molecule has 5 nitrogen and oxygen atoms in total. The summed E-state index contributed by atoms with van der Waals surface area (Å²) >= 11 is 2.68. The number of anilines is 1. The molecule has 0 bridgehead atoms. The molecule has 0 aliphatic carbocycles. The van der Waals surface area contributed by atoms with Gasteiger partial charge in [-0.25, -0.2) is 9.97 Å². The zero-order valence-corrected chi connectivity index (χ0v) is 13.9. The molecule has 118 valence electrons. The molecule has 0 fully saturated rings. The van der Waals surface area contributed by atoms with Crippen LogP contribution in [0.4, 0.5) is 5.13 Å². The highest BCUT2D eigenvalue weighted by Gasteiger charge is 2.21. The van der Waals surface area contributed by atoms with Crippen LogP contribution in [0.2, 0.25) is 0 Å². The first kappa shape index (κ1) is 14.8. The van der Waals surface area contributed by atoms with E-state index in [1.165, 1.54) is 22.7 Å². The van der Waals surface area contributed by atoms with Crippen LogP contribution in [0.1, 0.15) is 9.67 Å². The Labute approximate surface area is 145 Å². The predicted octanol–water partition coefficient (Wildman–Crippen LogP) is 4.78. The van der Waals surface area contributed by atoms with Crippen molar-refractivity contribution in [3.05, 3.63) is 65.2 Å². The van der Waals surface area contributed by atoms with Crippen molar-refractivity contribution in [3.63, 3.8) is 0 Å². The van der Waals surface area contributed by atoms with Crippen molar-refractivity contribution in [1.82, 2.24) is 9.97 Å². The van der Waals surface area contributed by atoms with Gasteiger partial charge in [-0.15, -0.1) is 22.7 Å². The summed E-state index contributed by atoms with van der Waals surface area (Å²) in [5.74, 6) is 0.421. The van der Waals surface area contributed by atoms with Crippen LogP contribution >= 0.6 is 22.7 Å². The third-order valence-corrected chi connectivity index (χ3v) is 5.02. The van der Waals surface area contributed by atoms with Crippen molar-refractivity contribution in [2.24, 2.45) is 0 Å². The number of carbonyl (C=O) groups excluding carboxylic acids is 1. The van der Waals surface area contributed by atoms with Gasteiger partial charge in [-0.05, 0) is 12.1 Å². The van der Waals surface area contributed by atoms with Gasteiger partial charge in [0.25, 0.3) is 5.91 Å². The summed E-state index contributed by atoms with van der Waals surface area (Å²) in [6.45, 7) is 0. The van der Waals surface area contributed by atoms with Gasteiger partial charge < -0.3 is 4.42 Å². The number of nitrogens with zero attached hydrogens (tertiary/aromatic N) is 2. The fourth-order valence-electron chi connectivity index (χ4n) is 2.21. The average Bonchev–Trinajstić information content (AvgIpc) is 3.36. The highest BCUT2D eigenvalue weighted by molar-refractivity contribution is 7.17. The van der Waals surface area contributed by atoms with Crippen LogP contribution < -0.4 is 5.32 Å². The molecule has 0 saturated heterocycles. The van der Waals surface area contributed by atoms with Gasteiger partial charge in [-0.1, -0.05) is 30.3 Å². The van der Waals surface area contributed by atoms with Crippen molar-refractivity contribution in [2.45, 2.75) is 0 Å². The molecule has 0 aliphatic heterocycles. The number of nitrogens with one attached hydrogen (secondary N) is 1. The van der Waals surface area contributed by atoms with Crippen LogP contribution in [0.25, 0.3) is 22.0 Å². The summed E-state index contributed by atoms with van der Waals surface area (Å²) in [5, 5.41) is 5.86. The molecule has 4 rings (SSSR count). The van der Waals surface area contributed by atoms with E-state index in [1.54, 1.807) is 18.5 Å². The molecular formula is C17H11N3O2S2. The fraction of sp³-hybridized carbons (Fsp3) is 0. The number of thiazole rings is 2. The van der Waals surface area contributed by atoms with Crippen molar-refractivity contribution >= 4 is 33.7 Å². The summed E-state index contributed by atoms with van der Waals surface area (Å²) in [5.41, 5.74) is 1.52. The Morgan fingerprint density at radius 3 is 2.71 bits per heavy atom. The monoisotopic (exact) mass is 353 g/mol. The van der Waals surface area contributed by atoms with Crippen LogP contribution in [0, 0.1) is 0 Å². The van der Waals surface area contributed by atoms with Crippen molar-refractivity contribution in [2.75, 3.05) is 5.32 Å². The second-order valence-corrected chi connectivity index (χ2v) is 6.73. The number of amides is 1. The number of hydrogen-bond acceptors (Lipinski definition) is 6. The third kappa shape index (κ3) is 2.86. The first-order chi connectivity index (χ1) is 11.8. The molecule has 0 aliphatic rings. The van der Waals surface area contributed by atoms with Crippen molar-refractivity contribution < 1.29 is 9.21 Å². The average molecular weight is 353 g/mol. The quantitative estimate of drug-likeness (QED) is 0.573. The molecule has 1 aromatic carbocycles. The molecule has 1 amide bonds. The molecule has 0 atom stereocenters. The third-order valence-electron chi connectivity index (χ3n) is 3.27. The molecule has 3 aromatic heterocycles. The lowest BCUT2D eigenvalue weighted by Gasteiger charge is -2.02. The Balaban J connectivity index is 1.77. The van der Waals surface area contributed by atoms with Crippen molar-refractivity contribution in [1.29, 1.82) is 0 Å². The van der Waals surface area contributed by atoms with Gasteiger partial charge in [0.2, 0.25) is 0 Å². The Kier molecular flexibility index (Phi) is 3.94. The molecule has 24 heavy (non-hydrogen) atoms. The standard InChI is InChI=1S/C17H11N3O2S2/c21-15(20-17-18-8-10-23-17)14-13(11-5-2-1-3-6-11)19-16(24-14)12-7-4-9-22-12/h1-10H,(H,18,20,21). The minimum Gasteiger partial charge on any atom is -0.462 e. The van der Waals surface area contributed by atoms with E-state index in [0.29, 0.717) is 26.5 Å². The van der Waals surface area contributed by atoms with Gasteiger partial charge in [0.05, 0.1) is 12.0 Å². The Hall–Kier alpha value is -2.77. The molecule has 1 N–H and O–H groups in total. The zero-order valence-electron chi connectivity index (χ0n) is 12.3. The number of rotatable bonds is 4. The Bertz CT molecular complexity index is 945. The molecule has 3 heterocycles. The maximum absolute atomic E-state index is 12.7. The smallest absolute Gasteiger partial charge is 0.269 e. The summed E-state index contributed by atoms with van der Waals surface area (Å²) in [4.78, 5) is 21.9. The predicted molar refractivity (Wildman–Crippen MR) is 95.3 cm³/mol. The number of hydrogen-bond donors (Lipinski definition) is 1. The minimum absolute atomic E-state index is 0.223. The largest absolute Gasteiger partial charge is 0.462 e. The van der Waals surface area contributed by atoms with Gasteiger partial charge in [0.1, 0.15) is 4.88 Å². The number of aromatic nitrogens is 2. The van der Waals surface area contributed by atoms with Crippen molar-refractivity contribution in [3.8, 4) is 22.0 Å². The summed E-state index contributed by atoms with van der Waals surface area (Å²) in [6, 6.07) is 13.3. The Morgan fingerprint density at radius 2 is 2.00 bits per heavy atom. The van der Waals surface area contributed by atoms with Gasteiger partial charge in [0.15, 0.2) is 15.9 Å². The zero-order chi connectivity index (χ0) is 16.4. The maximum Gasteiger partial charge on any atom is 0.269 e. The van der Waals surface area contributed by atoms with E-state index in [0.717, 1.165) is 5.56 Å². The van der Waals surface area contributed by atoms with E-state index < -0.39 is 0 Å². The first-order valence-electron chi connectivity index (χ1n) is 7.12. The van der Waals surface area contributed by atoms with E-state index in [4.69, 9.17) is 4.42 Å². The topological polar surface area (TPSA) is 68.0 Å². The van der Waals surface area contributed by atoms with E-state index in [1.807, 2.05) is 41.8 Å². The number of furan rings is 1. The molecule has 0 radical (unpaired) electrons. The first-order valence-corrected chi connectivity index (χ1v) is 8.82. The lowest BCUT2D eigenvalue weighted by atomic mass is 10.1. The molecule has 0 spiro atoms. The van der Waals surface area contributed by atoms with E-state index >= 15 is 0 Å². The second kappa shape index (κ2) is 6.38. The Morgan fingerprint density at radius 1 is 1.12 bits per heavy atom. The summed E-state index contributed by atoms with van der Waals surface area (Å²) < 4.78 is 5.42. The minimum atomic E-state index is -0.223. The van der Waals surface area contributed by atoms with Gasteiger partial charge in [-0.3, -0.25) is 10.1 Å². The highest BCUT2D eigenvalue weighted by atomic mass is 32.1. The molecule has 4 aromatic rings. The van der Waals surface area contributed by atoms with Gasteiger partial charge in [-0.2, -0.15) is 0 Å². The molecule has 0 saturated carbocycles. The van der Waals surface area contributed by atoms with Crippen LogP contribution in [0.15, 0.2) is 64.7 Å². The maximum atomic E-state index is 12.7. The molecular weight excluding hydrogens is 342 g/mol. The van der Waals surface area contributed by atoms with E-state index in [2.05, 4.69) is 15.3 Å². The van der Waals surface area contributed by atoms with Gasteiger partial charge >= 0.3 is 0 Å².